The Morgan fingerprint density at radius 3 is 2.61 bits per heavy atom. The molecule has 0 aliphatic heterocycles. The third-order valence-electron chi connectivity index (χ3n) is 3.35. The van der Waals surface area contributed by atoms with Gasteiger partial charge in [-0.15, -0.1) is 10.2 Å². The second-order valence-corrected chi connectivity index (χ2v) is 5.23. The van der Waals surface area contributed by atoms with E-state index in [1.54, 1.807) is 19.1 Å². The Morgan fingerprint density at radius 1 is 1.09 bits per heavy atom. The van der Waals surface area contributed by atoms with Crippen LogP contribution in [-0.4, -0.2) is 16.2 Å². The molecule has 0 spiro atoms. The lowest BCUT2D eigenvalue weighted by Gasteiger charge is -2.09. The predicted octanol–water partition coefficient (Wildman–Crippen LogP) is 3.96. The summed E-state index contributed by atoms with van der Waals surface area (Å²) in [6.07, 6.45) is -0.618. The van der Waals surface area contributed by atoms with Crippen molar-refractivity contribution in [1.29, 1.82) is 0 Å². The number of esters is 1. The molecule has 0 N–H and O–H groups in total. The van der Waals surface area contributed by atoms with Gasteiger partial charge in [0.25, 0.3) is 5.89 Å². The van der Waals surface area contributed by atoms with Crippen molar-refractivity contribution in [2.75, 3.05) is 0 Å². The Hall–Kier alpha value is -2.95. The Bertz CT molecular complexity index is 812. The number of aryl methyl sites for hydroxylation is 1. The topological polar surface area (TPSA) is 65.2 Å². The van der Waals surface area contributed by atoms with Gasteiger partial charge in [0.2, 0.25) is 5.89 Å². The number of hydrogen-bond acceptors (Lipinski definition) is 5. The summed E-state index contributed by atoms with van der Waals surface area (Å²) in [7, 11) is 0. The summed E-state index contributed by atoms with van der Waals surface area (Å²) in [5, 5.41) is 7.96. The smallest absolute Gasteiger partial charge is 0.338 e. The highest BCUT2D eigenvalue weighted by Gasteiger charge is 2.19. The molecule has 3 aromatic rings. The highest BCUT2D eigenvalue weighted by Crippen LogP contribution is 2.22. The third-order valence-corrected chi connectivity index (χ3v) is 3.35. The quantitative estimate of drug-likeness (QED) is 0.682. The third kappa shape index (κ3) is 3.45. The van der Waals surface area contributed by atoms with E-state index in [2.05, 4.69) is 10.2 Å². The van der Waals surface area contributed by atoms with Gasteiger partial charge in [-0.3, -0.25) is 0 Å². The first-order valence-corrected chi connectivity index (χ1v) is 7.30. The predicted molar refractivity (Wildman–Crippen MR) is 84.7 cm³/mol. The van der Waals surface area contributed by atoms with Gasteiger partial charge in [0, 0.05) is 5.56 Å². The molecule has 1 atom stereocenters. The largest absolute Gasteiger partial charge is 0.449 e. The van der Waals surface area contributed by atoms with Crippen LogP contribution in [-0.2, 0) is 4.74 Å². The van der Waals surface area contributed by atoms with Gasteiger partial charge >= 0.3 is 5.97 Å². The molecule has 0 fully saturated rings. The monoisotopic (exact) mass is 308 g/mol. The van der Waals surface area contributed by atoms with E-state index in [-0.39, 0.29) is 5.89 Å². The minimum atomic E-state index is -0.618. The van der Waals surface area contributed by atoms with Crippen LogP contribution in [0.5, 0.6) is 0 Å². The van der Waals surface area contributed by atoms with Gasteiger partial charge < -0.3 is 9.15 Å². The van der Waals surface area contributed by atoms with Crippen molar-refractivity contribution in [2.24, 2.45) is 0 Å². The van der Waals surface area contributed by atoms with Crippen LogP contribution in [0.15, 0.2) is 59.0 Å². The van der Waals surface area contributed by atoms with Crippen molar-refractivity contribution in [1.82, 2.24) is 10.2 Å². The molecule has 0 amide bonds. The van der Waals surface area contributed by atoms with Crippen molar-refractivity contribution in [3.05, 3.63) is 71.6 Å². The van der Waals surface area contributed by atoms with Crippen LogP contribution in [0.2, 0.25) is 0 Å². The average molecular weight is 308 g/mol. The maximum atomic E-state index is 12.1. The zero-order valence-electron chi connectivity index (χ0n) is 12.9. The van der Waals surface area contributed by atoms with E-state index >= 15 is 0 Å². The summed E-state index contributed by atoms with van der Waals surface area (Å²) in [6, 6.07) is 16.7. The molecule has 116 valence electrons. The van der Waals surface area contributed by atoms with Gasteiger partial charge in [-0.1, -0.05) is 35.9 Å². The lowest BCUT2D eigenvalue weighted by Crippen LogP contribution is -2.09. The maximum Gasteiger partial charge on any atom is 0.338 e. The van der Waals surface area contributed by atoms with Crippen LogP contribution in [0.1, 0.15) is 34.8 Å². The summed E-state index contributed by atoms with van der Waals surface area (Å²) < 4.78 is 11.0. The number of nitrogens with zero attached hydrogens (tertiary/aromatic N) is 2. The molecule has 3 rings (SSSR count). The minimum absolute atomic E-state index is 0.268. The van der Waals surface area contributed by atoms with Gasteiger partial charge in [-0.2, -0.15) is 0 Å². The van der Waals surface area contributed by atoms with Crippen LogP contribution >= 0.6 is 0 Å². The molecule has 0 aliphatic carbocycles. The van der Waals surface area contributed by atoms with E-state index in [4.69, 9.17) is 9.15 Å². The highest BCUT2D eigenvalue weighted by atomic mass is 16.6. The molecule has 23 heavy (non-hydrogen) atoms. The molecule has 0 aliphatic rings. The number of ether oxygens (including phenoxy) is 1. The van der Waals surface area contributed by atoms with E-state index in [9.17, 15) is 4.79 Å². The van der Waals surface area contributed by atoms with Crippen LogP contribution in [0.4, 0.5) is 0 Å². The Balaban J connectivity index is 1.73. The van der Waals surface area contributed by atoms with Crippen LogP contribution in [0.3, 0.4) is 0 Å². The summed E-state index contributed by atoms with van der Waals surface area (Å²) in [6.45, 7) is 3.63. The fraction of sp³-hybridized carbons (Fsp3) is 0.167. The zero-order valence-corrected chi connectivity index (χ0v) is 12.9. The fourth-order valence-corrected chi connectivity index (χ4v) is 2.15. The molecule has 0 bridgehead atoms. The zero-order chi connectivity index (χ0) is 16.2. The van der Waals surface area contributed by atoms with Gasteiger partial charge in [-0.25, -0.2) is 4.79 Å². The van der Waals surface area contributed by atoms with Crippen molar-refractivity contribution >= 4 is 5.97 Å². The van der Waals surface area contributed by atoms with Crippen molar-refractivity contribution < 1.29 is 13.9 Å². The number of rotatable bonds is 4. The summed E-state index contributed by atoms with van der Waals surface area (Å²) in [4.78, 5) is 12.1. The first-order chi connectivity index (χ1) is 11.1. The molecular formula is C18H16N2O3. The first-order valence-electron chi connectivity index (χ1n) is 7.30. The highest BCUT2D eigenvalue weighted by molar-refractivity contribution is 5.89. The first kappa shape index (κ1) is 15.0. The molecular weight excluding hydrogens is 292 g/mol. The molecule has 0 saturated carbocycles. The minimum Gasteiger partial charge on any atom is -0.449 e. The number of benzene rings is 2. The van der Waals surface area contributed by atoms with Gasteiger partial charge in [0.05, 0.1) is 5.56 Å². The molecule has 0 radical (unpaired) electrons. The average Bonchev–Trinajstić information content (AvgIpc) is 3.06. The molecule has 0 saturated heterocycles. The van der Waals surface area contributed by atoms with E-state index in [0.717, 1.165) is 11.1 Å². The summed E-state index contributed by atoms with van der Waals surface area (Å²) in [5.74, 6) is 0.254. The number of aromatic nitrogens is 2. The molecule has 5 nitrogen and oxygen atoms in total. The van der Waals surface area contributed by atoms with E-state index in [0.29, 0.717) is 11.5 Å². The molecule has 1 heterocycles. The number of carbonyl (C=O) groups excluding carboxylic acids is 1. The van der Waals surface area contributed by atoms with Gasteiger partial charge in [0.15, 0.2) is 6.10 Å². The molecule has 1 aromatic heterocycles. The van der Waals surface area contributed by atoms with Crippen molar-refractivity contribution in [2.45, 2.75) is 20.0 Å². The van der Waals surface area contributed by atoms with Crippen molar-refractivity contribution in [3.8, 4) is 11.5 Å². The number of hydrogen-bond donors (Lipinski definition) is 0. The number of carbonyl (C=O) groups is 1. The van der Waals surface area contributed by atoms with E-state index < -0.39 is 12.1 Å². The van der Waals surface area contributed by atoms with Crippen molar-refractivity contribution in [3.63, 3.8) is 0 Å². The van der Waals surface area contributed by atoms with Crippen LogP contribution in [0.25, 0.3) is 11.5 Å². The Labute approximate surface area is 133 Å². The molecule has 5 heteroatoms. The van der Waals surface area contributed by atoms with E-state index in [1.165, 1.54) is 0 Å². The second-order valence-electron chi connectivity index (χ2n) is 5.23. The second kappa shape index (κ2) is 6.44. The normalized spacial score (nSPS) is 11.9. The van der Waals surface area contributed by atoms with Crippen LogP contribution in [0, 0.1) is 6.92 Å². The van der Waals surface area contributed by atoms with E-state index in [1.807, 2.05) is 49.4 Å². The Kier molecular flexibility index (Phi) is 4.19. The lowest BCUT2D eigenvalue weighted by atomic mass is 10.1. The maximum absolute atomic E-state index is 12.1. The standard InChI is InChI=1S/C18H16N2O3/c1-12-7-6-10-15(11-12)18(21)22-13(2)16-19-20-17(23-16)14-8-4-3-5-9-14/h3-11,13H,1-2H3/t13-/m0/s1. The SMILES string of the molecule is Cc1cccc(C(=O)O[C@@H](C)c2nnc(-c3ccccc3)o2)c1. The molecule has 2 aromatic carbocycles. The summed E-state index contributed by atoms with van der Waals surface area (Å²) >= 11 is 0. The fourth-order valence-electron chi connectivity index (χ4n) is 2.15. The lowest BCUT2D eigenvalue weighted by molar-refractivity contribution is 0.0280. The molecule has 0 unspecified atom stereocenters. The van der Waals surface area contributed by atoms with Gasteiger partial charge in [0.1, 0.15) is 0 Å². The van der Waals surface area contributed by atoms with Gasteiger partial charge in [-0.05, 0) is 38.1 Å². The Morgan fingerprint density at radius 2 is 1.87 bits per heavy atom. The summed E-state index contributed by atoms with van der Waals surface area (Å²) in [5.41, 5.74) is 2.32. The van der Waals surface area contributed by atoms with Crippen LogP contribution < -0.4 is 0 Å².